The van der Waals surface area contributed by atoms with Crippen molar-refractivity contribution in [1.82, 2.24) is 25.1 Å². The maximum absolute atomic E-state index is 5.02. The van der Waals surface area contributed by atoms with E-state index in [4.69, 9.17) is 17.2 Å². The summed E-state index contributed by atoms with van der Waals surface area (Å²) in [5.41, 5.74) is 2.13. The maximum atomic E-state index is 5.02. The Bertz CT molecular complexity index is 756. The van der Waals surface area contributed by atoms with Crippen molar-refractivity contribution in [3.8, 4) is 21.3 Å². The third-order valence-corrected chi connectivity index (χ3v) is 4.17. The minimum Gasteiger partial charge on any atom is -0.281 e. The Hall–Kier alpha value is -1.86. The molecule has 0 aliphatic carbocycles. The third-order valence-electron chi connectivity index (χ3n) is 2.83. The topological polar surface area (TPSA) is 70.2 Å². The standard InChI is InChI=1S/C13H13N5S2/c1-2-3-9-10(11-16-13(19)18-17-11)20-12(15-9)8-4-6-14-7-5-8/h4-7H,2-3H2,1H3,(H2,16,17,18,19). The Balaban J connectivity index is 2.09. The molecular formula is C13H13N5S2. The average Bonchev–Trinajstić information content (AvgIpc) is 3.07. The Morgan fingerprint density at radius 2 is 2.00 bits per heavy atom. The normalized spacial score (nSPS) is 10.8. The van der Waals surface area contributed by atoms with E-state index in [2.05, 4.69) is 27.1 Å². The minimum absolute atomic E-state index is 0.460. The summed E-state index contributed by atoms with van der Waals surface area (Å²) in [6.07, 6.45) is 5.51. The number of rotatable bonds is 4. The molecule has 2 N–H and O–H groups in total. The number of aromatic nitrogens is 5. The summed E-state index contributed by atoms with van der Waals surface area (Å²) in [5.74, 6) is 0.760. The van der Waals surface area contributed by atoms with E-state index >= 15 is 0 Å². The molecule has 0 atom stereocenters. The molecule has 102 valence electrons. The molecule has 3 aromatic heterocycles. The van der Waals surface area contributed by atoms with Crippen molar-refractivity contribution in [2.75, 3.05) is 0 Å². The molecule has 0 amide bonds. The summed E-state index contributed by atoms with van der Waals surface area (Å²) in [5, 5.41) is 6.82. The smallest absolute Gasteiger partial charge is 0.213 e. The van der Waals surface area contributed by atoms with Gasteiger partial charge in [-0.25, -0.2) is 4.98 Å². The van der Waals surface area contributed by atoms with Gasteiger partial charge in [0.2, 0.25) is 4.77 Å². The number of hydrogen-bond acceptors (Lipinski definition) is 5. The van der Waals surface area contributed by atoms with Crippen LogP contribution in [0.15, 0.2) is 24.5 Å². The first-order valence-electron chi connectivity index (χ1n) is 6.33. The molecule has 5 nitrogen and oxygen atoms in total. The van der Waals surface area contributed by atoms with Crippen molar-refractivity contribution in [3.05, 3.63) is 35.0 Å². The van der Waals surface area contributed by atoms with E-state index in [-0.39, 0.29) is 0 Å². The van der Waals surface area contributed by atoms with E-state index in [1.165, 1.54) is 0 Å². The van der Waals surface area contributed by atoms with Crippen LogP contribution in [0.1, 0.15) is 19.0 Å². The first kappa shape index (κ1) is 13.1. The molecule has 0 saturated carbocycles. The molecule has 0 radical (unpaired) electrons. The summed E-state index contributed by atoms with van der Waals surface area (Å²) < 4.78 is 0.460. The Morgan fingerprint density at radius 1 is 1.20 bits per heavy atom. The van der Waals surface area contributed by atoms with Crippen LogP contribution in [0, 0.1) is 4.77 Å². The first-order chi connectivity index (χ1) is 9.78. The lowest BCUT2D eigenvalue weighted by Gasteiger charge is -1.95. The van der Waals surface area contributed by atoms with Crippen LogP contribution in [0.25, 0.3) is 21.3 Å². The van der Waals surface area contributed by atoms with Gasteiger partial charge in [0.15, 0.2) is 5.82 Å². The summed E-state index contributed by atoms with van der Waals surface area (Å²) in [6, 6.07) is 3.93. The fraction of sp³-hybridized carbons (Fsp3) is 0.231. The van der Waals surface area contributed by atoms with E-state index in [0.29, 0.717) is 4.77 Å². The predicted molar refractivity (Wildman–Crippen MR) is 82.1 cm³/mol. The van der Waals surface area contributed by atoms with Crippen molar-refractivity contribution in [3.63, 3.8) is 0 Å². The first-order valence-corrected chi connectivity index (χ1v) is 7.55. The number of hydrogen-bond donors (Lipinski definition) is 2. The monoisotopic (exact) mass is 303 g/mol. The molecule has 3 aromatic rings. The van der Waals surface area contributed by atoms with Gasteiger partial charge in [0.05, 0.1) is 10.6 Å². The molecule has 3 heterocycles. The summed E-state index contributed by atoms with van der Waals surface area (Å²) >= 11 is 6.64. The largest absolute Gasteiger partial charge is 0.281 e. The summed E-state index contributed by atoms with van der Waals surface area (Å²) in [7, 11) is 0. The van der Waals surface area contributed by atoms with Crippen LogP contribution >= 0.6 is 23.6 Å². The highest BCUT2D eigenvalue weighted by Crippen LogP contribution is 2.34. The second-order valence-electron chi connectivity index (χ2n) is 4.30. The van der Waals surface area contributed by atoms with Crippen molar-refractivity contribution in [2.45, 2.75) is 19.8 Å². The van der Waals surface area contributed by atoms with Gasteiger partial charge in [-0.15, -0.1) is 11.3 Å². The fourth-order valence-corrected chi connectivity index (χ4v) is 3.14. The lowest BCUT2D eigenvalue weighted by Crippen LogP contribution is -1.88. The van der Waals surface area contributed by atoms with Crippen molar-refractivity contribution in [1.29, 1.82) is 0 Å². The van der Waals surface area contributed by atoms with E-state index < -0.39 is 0 Å². The van der Waals surface area contributed by atoms with Gasteiger partial charge in [-0.05, 0) is 30.8 Å². The van der Waals surface area contributed by atoms with Gasteiger partial charge < -0.3 is 0 Å². The summed E-state index contributed by atoms with van der Waals surface area (Å²) in [4.78, 5) is 14.1. The third kappa shape index (κ3) is 2.54. The van der Waals surface area contributed by atoms with Gasteiger partial charge in [0, 0.05) is 18.0 Å². The SMILES string of the molecule is CCCc1nc(-c2ccncc2)sc1-c1nc(=S)[nH][nH]1. The Kier molecular flexibility index (Phi) is 3.70. The highest BCUT2D eigenvalue weighted by Gasteiger charge is 2.15. The Labute approximate surface area is 125 Å². The van der Waals surface area contributed by atoms with E-state index in [0.717, 1.165) is 39.8 Å². The van der Waals surface area contributed by atoms with Crippen LogP contribution in [-0.2, 0) is 6.42 Å². The second kappa shape index (κ2) is 5.64. The quantitative estimate of drug-likeness (QED) is 0.722. The second-order valence-corrected chi connectivity index (χ2v) is 5.68. The van der Waals surface area contributed by atoms with Crippen molar-refractivity contribution < 1.29 is 0 Å². The molecular weight excluding hydrogens is 290 g/mol. The van der Waals surface area contributed by atoms with Gasteiger partial charge in [0.25, 0.3) is 0 Å². The molecule has 0 aliphatic heterocycles. The Morgan fingerprint density at radius 3 is 2.65 bits per heavy atom. The molecule has 3 rings (SSSR count). The number of pyridine rings is 1. The lowest BCUT2D eigenvalue weighted by atomic mass is 10.2. The molecule has 0 spiro atoms. The number of nitrogens with one attached hydrogen (secondary N) is 2. The van der Waals surface area contributed by atoms with Crippen LogP contribution in [0.4, 0.5) is 0 Å². The van der Waals surface area contributed by atoms with Crippen LogP contribution in [0.5, 0.6) is 0 Å². The molecule has 7 heteroatoms. The molecule has 0 unspecified atom stereocenters. The van der Waals surface area contributed by atoms with Gasteiger partial charge in [-0.1, -0.05) is 13.3 Å². The van der Waals surface area contributed by atoms with Gasteiger partial charge in [0.1, 0.15) is 5.01 Å². The number of aryl methyl sites for hydroxylation is 1. The zero-order valence-electron chi connectivity index (χ0n) is 10.9. The number of thiazole rings is 1. The predicted octanol–water partition coefficient (Wildman–Crippen LogP) is 3.61. The zero-order valence-corrected chi connectivity index (χ0v) is 12.5. The van der Waals surface area contributed by atoms with Gasteiger partial charge >= 0.3 is 0 Å². The van der Waals surface area contributed by atoms with Crippen LogP contribution in [0.3, 0.4) is 0 Å². The molecule has 20 heavy (non-hydrogen) atoms. The van der Waals surface area contributed by atoms with Crippen LogP contribution in [-0.4, -0.2) is 25.1 Å². The van der Waals surface area contributed by atoms with Gasteiger partial charge in [-0.2, -0.15) is 4.98 Å². The zero-order chi connectivity index (χ0) is 13.9. The van der Waals surface area contributed by atoms with Crippen LogP contribution in [0.2, 0.25) is 0 Å². The molecule has 0 aromatic carbocycles. The van der Waals surface area contributed by atoms with E-state index in [1.807, 2.05) is 12.1 Å². The van der Waals surface area contributed by atoms with Crippen molar-refractivity contribution in [2.24, 2.45) is 0 Å². The molecule has 0 saturated heterocycles. The molecule has 0 bridgehead atoms. The van der Waals surface area contributed by atoms with Gasteiger partial charge in [-0.3, -0.25) is 15.2 Å². The highest BCUT2D eigenvalue weighted by molar-refractivity contribution is 7.71. The highest BCUT2D eigenvalue weighted by atomic mass is 32.1. The summed E-state index contributed by atoms with van der Waals surface area (Å²) in [6.45, 7) is 2.14. The minimum atomic E-state index is 0.460. The van der Waals surface area contributed by atoms with E-state index in [9.17, 15) is 0 Å². The number of aromatic amines is 2. The molecule has 0 fully saturated rings. The maximum Gasteiger partial charge on any atom is 0.213 e. The lowest BCUT2D eigenvalue weighted by molar-refractivity contribution is 0.893. The fourth-order valence-electron chi connectivity index (χ4n) is 1.94. The van der Waals surface area contributed by atoms with Crippen molar-refractivity contribution >= 4 is 23.6 Å². The average molecular weight is 303 g/mol. The van der Waals surface area contributed by atoms with Crippen LogP contribution < -0.4 is 0 Å². The molecule has 0 aliphatic rings. The number of H-pyrrole nitrogens is 2. The number of nitrogens with zero attached hydrogens (tertiary/aromatic N) is 3. The van der Waals surface area contributed by atoms with E-state index in [1.54, 1.807) is 23.7 Å².